The molecule has 2 saturated heterocycles. The summed E-state index contributed by atoms with van der Waals surface area (Å²) in [4.78, 5) is 17.6. The number of carbonyl (C=O) groups excluding carboxylic acids is 1. The molecule has 1 aromatic rings. The first-order valence-electron chi connectivity index (χ1n) is 11.3. The number of allylic oxidation sites excluding steroid dienone is 3. The quantitative estimate of drug-likeness (QED) is 0.656. The van der Waals surface area contributed by atoms with Crippen molar-refractivity contribution < 1.29 is 9.53 Å². The van der Waals surface area contributed by atoms with Crippen LogP contribution in [0.15, 0.2) is 47.6 Å². The van der Waals surface area contributed by atoms with Gasteiger partial charge in [-0.3, -0.25) is 9.69 Å². The zero-order valence-electron chi connectivity index (χ0n) is 17.9. The maximum atomic E-state index is 12.8. The Hall–Kier alpha value is -1.78. The van der Waals surface area contributed by atoms with E-state index >= 15 is 0 Å². The van der Waals surface area contributed by atoms with Crippen LogP contribution in [0.5, 0.6) is 0 Å². The van der Waals surface area contributed by atoms with E-state index in [1.165, 1.54) is 16.8 Å². The second-order valence-corrected chi connectivity index (χ2v) is 10.1. The summed E-state index contributed by atoms with van der Waals surface area (Å²) >= 11 is 6.16. The topological polar surface area (TPSA) is 32.8 Å². The van der Waals surface area contributed by atoms with Gasteiger partial charge in [-0.25, -0.2) is 0 Å². The Kier molecular flexibility index (Phi) is 5.19. The molecule has 4 aliphatic rings. The summed E-state index contributed by atoms with van der Waals surface area (Å²) in [6, 6.07) is 8.06. The van der Waals surface area contributed by atoms with Crippen LogP contribution in [0.3, 0.4) is 0 Å². The summed E-state index contributed by atoms with van der Waals surface area (Å²) in [6.45, 7) is 9.20. The summed E-state index contributed by atoms with van der Waals surface area (Å²) < 4.78 is 5.92. The molecule has 160 valence electrons. The number of esters is 1. The minimum atomic E-state index is -0.0421. The van der Waals surface area contributed by atoms with Crippen molar-refractivity contribution in [3.63, 3.8) is 0 Å². The van der Waals surface area contributed by atoms with E-state index < -0.39 is 0 Å². The average molecular weight is 427 g/mol. The lowest BCUT2D eigenvalue weighted by Gasteiger charge is -2.43. The van der Waals surface area contributed by atoms with Gasteiger partial charge in [0.25, 0.3) is 0 Å². The van der Waals surface area contributed by atoms with Gasteiger partial charge in [0.15, 0.2) is 0 Å². The molecule has 30 heavy (non-hydrogen) atoms. The van der Waals surface area contributed by atoms with Crippen molar-refractivity contribution >= 4 is 23.3 Å². The molecule has 0 aromatic heterocycles. The number of nitrogens with zero attached hydrogens (tertiary/aromatic N) is 2. The fourth-order valence-corrected chi connectivity index (χ4v) is 6.16. The van der Waals surface area contributed by atoms with Gasteiger partial charge in [-0.05, 0) is 55.4 Å². The Morgan fingerprint density at radius 3 is 2.80 bits per heavy atom. The van der Waals surface area contributed by atoms with E-state index in [0.717, 1.165) is 57.0 Å². The number of hydrogen-bond acceptors (Lipinski definition) is 4. The number of ether oxygens (including phenoxy) is 1. The zero-order chi connectivity index (χ0) is 20.9. The second kappa shape index (κ2) is 7.72. The van der Waals surface area contributed by atoms with Crippen LogP contribution in [0.25, 0.3) is 0 Å². The smallest absolute Gasteiger partial charge is 0.311 e. The number of hydrogen-bond donors (Lipinski definition) is 0. The number of fused-ring (bicyclic) bond motifs is 2. The normalized spacial score (nSPS) is 34.0. The van der Waals surface area contributed by atoms with Gasteiger partial charge in [0.2, 0.25) is 0 Å². The molecule has 2 aliphatic heterocycles. The Morgan fingerprint density at radius 2 is 2.03 bits per heavy atom. The lowest BCUT2D eigenvalue weighted by Crippen LogP contribution is -2.49. The average Bonchev–Trinajstić information content (AvgIpc) is 3.01. The van der Waals surface area contributed by atoms with Crippen molar-refractivity contribution in [1.29, 1.82) is 0 Å². The Balaban J connectivity index is 1.27. The highest BCUT2D eigenvalue weighted by atomic mass is 35.5. The predicted octanol–water partition coefficient (Wildman–Crippen LogP) is 4.70. The largest absolute Gasteiger partial charge is 0.461 e. The van der Waals surface area contributed by atoms with Crippen LogP contribution in [0.4, 0.5) is 5.69 Å². The van der Waals surface area contributed by atoms with E-state index in [2.05, 4.69) is 41.9 Å². The molecule has 1 aromatic carbocycles. The van der Waals surface area contributed by atoms with Gasteiger partial charge in [-0.2, -0.15) is 0 Å². The standard InChI is InChI=1S/C25H31ClN2O2/c1-17-5-4-8-25(2)15-23-20(14-22(17)25)21(24(29)30-23)16-27-9-11-28(12-10-27)19-7-3-6-18(26)13-19/h3,5-7,13-14,20-21,23H,4,8-12,15-16H2,1-2H3/t20-,21+,23-,25-/m1/s1. The highest BCUT2D eigenvalue weighted by Crippen LogP contribution is 2.52. The number of carbonyl (C=O) groups is 1. The maximum absolute atomic E-state index is 12.8. The summed E-state index contributed by atoms with van der Waals surface area (Å²) in [7, 11) is 0. The lowest BCUT2D eigenvalue weighted by atomic mass is 9.62. The summed E-state index contributed by atoms with van der Waals surface area (Å²) in [5.41, 5.74) is 4.20. The van der Waals surface area contributed by atoms with Gasteiger partial charge in [0.05, 0.1) is 5.92 Å². The fourth-order valence-electron chi connectivity index (χ4n) is 5.98. The molecule has 0 spiro atoms. The van der Waals surface area contributed by atoms with E-state index in [-0.39, 0.29) is 29.3 Å². The first kappa shape index (κ1) is 20.1. The molecule has 5 heteroatoms. The summed E-state index contributed by atoms with van der Waals surface area (Å²) in [5, 5.41) is 0.777. The van der Waals surface area contributed by atoms with E-state index in [4.69, 9.17) is 16.3 Å². The third-order valence-electron chi connectivity index (χ3n) is 7.70. The van der Waals surface area contributed by atoms with E-state index in [1.54, 1.807) is 0 Å². The van der Waals surface area contributed by atoms with Crippen molar-refractivity contribution in [1.82, 2.24) is 4.90 Å². The third kappa shape index (κ3) is 3.58. The van der Waals surface area contributed by atoms with E-state index in [1.807, 2.05) is 18.2 Å². The van der Waals surface area contributed by atoms with Gasteiger partial charge in [0.1, 0.15) is 6.10 Å². The minimum absolute atomic E-state index is 0.00278. The van der Waals surface area contributed by atoms with Crippen LogP contribution in [0.2, 0.25) is 5.02 Å². The number of anilines is 1. The zero-order valence-corrected chi connectivity index (χ0v) is 18.7. The molecule has 0 bridgehead atoms. The van der Waals surface area contributed by atoms with Gasteiger partial charge >= 0.3 is 5.97 Å². The molecule has 2 fully saturated rings. The Morgan fingerprint density at radius 1 is 1.23 bits per heavy atom. The molecule has 2 aliphatic carbocycles. The number of rotatable bonds is 3. The SMILES string of the molecule is CC1=CCC[C@]2(C)C[C@H]3OC(=O)[C@@H](CN4CCN(c5cccc(Cl)c5)CC4)[C@H]3C=C12. The molecule has 4 nitrogen and oxygen atoms in total. The Bertz CT molecular complexity index is 902. The van der Waals surface area contributed by atoms with Gasteiger partial charge < -0.3 is 9.64 Å². The molecular formula is C25H31ClN2O2. The molecule has 0 saturated carbocycles. The van der Waals surface area contributed by atoms with Crippen LogP contribution < -0.4 is 4.90 Å². The molecule has 4 atom stereocenters. The molecule has 0 radical (unpaired) electrons. The predicted molar refractivity (Wildman–Crippen MR) is 121 cm³/mol. The number of piperazine rings is 1. The van der Waals surface area contributed by atoms with Crippen LogP contribution in [-0.2, 0) is 9.53 Å². The van der Waals surface area contributed by atoms with E-state index in [0.29, 0.717) is 0 Å². The molecule has 0 N–H and O–H groups in total. The molecule has 2 heterocycles. The maximum Gasteiger partial charge on any atom is 0.311 e. The van der Waals surface area contributed by atoms with Crippen LogP contribution >= 0.6 is 11.6 Å². The third-order valence-corrected chi connectivity index (χ3v) is 7.93. The monoisotopic (exact) mass is 426 g/mol. The van der Waals surface area contributed by atoms with Gasteiger partial charge in [-0.1, -0.05) is 42.3 Å². The van der Waals surface area contributed by atoms with Crippen molar-refractivity contribution in [2.24, 2.45) is 17.3 Å². The van der Waals surface area contributed by atoms with Crippen molar-refractivity contribution in [3.05, 3.63) is 52.6 Å². The first-order chi connectivity index (χ1) is 14.4. The molecule has 0 amide bonds. The second-order valence-electron chi connectivity index (χ2n) is 9.70. The molecular weight excluding hydrogens is 396 g/mol. The number of halogens is 1. The molecule has 0 unspecified atom stereocenters. The highest BCUT2D eigenvalue weighted by Gasteiger charge is 2.51. The summed E-state index contributed by atoms with van der Waals surface area (Å²) in [6.07, 6.45) is 8.07. The van der Waals surface area contributed by atoms with Crippen molar-refractivity contribution in [3.8, 4) is 0 Å². The molecule has 5 rings (SSSR count). The minimum Gasteiger partial charge on any atom is -0.461 e. The summed E-state index contributed by atoms with van der Waals surface area (Å²) in [5.74, 6) is 0.176. The highest BCUT2D eigenvalue weighted by molar-refractivity contribution is 6.30. The van der Waals surface area contributed by atoms with E-state index in [9.17, 15) is 4.79 Å². The van der Waals surface area contributed by atoms with Crippen LogP contribution in [0.1, 0.15) is 33.1 Å². The lowest BCUT2D eigenvalue weighted by molar-refractivity contribution is -0.145. The van der Waals surface area contributed by atoms with Crippen molar-refractivity contribution in [2.45, 2.75) is 39.2 Å². The van der Waals surface area contributed by atoms with Gasteiger partial charge in [0, 0.05) is 49.4 Å². The van der Waals surface area contributed by atoms with Crippen molar-refractivity contribution in [2.75, 3.05) is 37.6 Å². The first-order valence-corrected chi connectivity index (χ1v) is 11.6. The van der Waals surface area contributed by atoms with Crippen LogP contribution in [-0.4, -0.2) is 49.7 Å². The van der Waals surface area contributed by atoms with Gasteiger partial charge in [-0.15, -0.1) is 0 Å². The van der Waals surface area contributed by atoms with Crippen LogP contribution in [0, 0.1) is 17.3 Å². The number of benzene rings is 1. The fraction of sp³-hybridized carbons (Fsp3) is 0.560. The Labute approximate surface area is 184 Å².